The Labute approximate surface area is 160 Å². The third-order valence-corrected chi connectivity index (χ3v) is 3.96. The van der Waals surface area contributed by atoms with E-state index >= 15 is 0 Å². The van der Waals surface area contributed by atoms with Gasteiger partial charge in [0.2, 0.25) is 0 Å². The molecule has 0 N–H and O–H groups in total. The zero-order valence-electron chi connectivity index (χ0n) is 16.7. The van der Waals surface area contributed by atoms with Crippen molar-refractivity contribution in [3.05, 3.63) is 52.8 Å². The molecule has 0 atom stereocenters. The average Bonchev–Trinajstić information content (AvgIpc) is 2.60. The molecule has 2 rings (SSSR count). The Kier molecular flexibility index (Phi) is 6.06. The van der Waals surface area contributed by atoms with Crippen molar-refractivity contribution in [1.29, 1.82) is 5.26 Å². The van der Waals surface area contributed by atoms with Gasteiger partial charge >= 0.3 is 6.09 Å². The number of pyridine rings is 1. The molecule has 0 fully saturated rings. The van der Waals surface area contributed by atoms with E-state index in [1.54, 1.807) is 37.6 Å². The van der Waals surface area contributed by atoms with Gasteiger partial charge in [-0.15, -0.1) is 0 Å². The number of rotatable bonds is 4. The molecule has 0 aliphatic carbocycles. The van der Waals surface area contributed by atoms with Crippen LogP contribution in [-0.2, 0) is 11.3 Å². The molecule has 6 nitrogen and oxygen atoms in total. The summed E-state index contributed by atoms with van der Waals surface area (Å²) in [6.07, 6.45) is 1.22. The second kappa shape index (κ2) is 8.09. The first-order valence-corrected chi connectivity index (χ1v) is 8.66. The second-order valence-corrected chi connectivity index (χ2v) is 7.27. The summed E-state index contributed by atoms with van der Waals surface area (Å²) in [7, 11) is 1.61. The maximum atomic E-state index is 12.9. The summed E-state index contributed by atoms with van der Waals surface area (Å²) in [6, 6.07) is 8.95. The van der Waals surface area contributed by atoms with Gasteiger partial charge in [0.25, 0.3) is 0 Å². The van der Waals surface area contributed by atoms with Crippen molar-refractivity contribution in [3.63, 3.8) is 0 Å². The number of nitriles is 1. The summed E-state index contributed by atoms with van der Waals surface area (Å²) in [5.41, 5.74) is 2.88. The van der Waals surface area contributed by atoms with Gasteiger partial charge in [0.15, 0.2) is 0 Å². The number of aryl methyl sites for hydroxylation is 1. The molecule has 0 saturated carbocycles. The first-order valence-electron chi connectivity index (χ1n) is 8.66. The molecule has 0 unspecified atom stereocenters. The Hall–Kier alpha value is -3.07. The number of aromatic nitrogens is 1. The number of nitrogens with zero attached hydrogens (tertiary/aromatic N) is 3. The van der Waals surface area contributed by atoms with Gasteiger partial charge in [-0.1, -0.05) is 6.07 Å². The van der Waals surface area contributed by atoms with E-state index in [2.05, 4.69) is 11.1 Å². The van der Waals surface area contributed by atoms with Gasteiger partial charge < -0.3 is 9.47 Å². The Morgan fingerprint density at radius 3 is 2.59 bits per heavy atom. The SMILES string of the molecule is COc1c(C)cnc(CN(C(=O)OC(C)(C)C)c2cccc(C#N)c2)c1C. The fourth-order valence-electron chi connectivity index (χ4n) is 2.70. The molecule has 1 heterocycles. The van der Waals surface area contributed by atoms with Crippen molar-refractivity contribution in [3.8, 4) is 11.8 Å². The second-order valence-electron chi connectivity index (χ2n) is 7.27. The third kappa shape index (κ3) is 4.98. The Morgan fingerprint density at radius 2 is 2.00 bits per heavy atom. The molecule has 0 bridgehead atoms. The number of carbonyl (C=O) groups excluding carboxylic acids is 1. The Bertz CT molecular complexity index is 879. The molecule has 0 aliphatic heterocycles. The zero-order valence-corrected chi connectivity index (χ0v) is 16.7. The van der Waals surface area contributed by atoms with Crippen molar-refractivity contribution in [1.82, 2.24) is 4.98 Å². The highest BCUT2D eigenvalue weighted by molar-refractivity contribution is 5.88. The van der Waals surface area contributed by atoms with Gasteiger partial charge in [-0.25, -0.2) is 4.79 Å². The van der Waals surface area contributed by atoms with Gasteiger partial charge in [0.1, 0.15) is 11.4 Å². The van der Waals surface area contributed by atoms with Crippen LogP contribution in [0, 0.1) is 25.2 Å². The van der Waals surface area contributed by atoms with Crippen LogP contribution < -0.4 is 9.64 Å². The summed E-state index contributed by atoms with van der Waals surface area (Å²) in [6.45, 7) is 9.47. The number of hydrogen-bond acceptors (Lipinski definition) is 5. The van der Waals surface area contributed by atoms with Crippen molar-refractivity contribution >= 4 is 11.8 Å². The van der Waals surface area contributed by atoms with Gasteiger partial charge in [0.05, 0.1) is 31.0 Å². The van der Waals surface area contributed by atoms with E-state index in [0.29, 0.717) is 16.9 Å². The molecule has 0 spiro atoms. The van der Waals surface area contributed by atoms with Crippen LogP contribution in [0.4, 0.5) is 10.5 Å². The maximum Gasteiger partial charge on any atom is 0.415 e. The van der Waals surface area contributed by atoms with E-state index in [1.165, 1.54) is 4.90 Å². The van der Waals surface area contributed by atoms with E-state index in [0.717, 1.165) is 16.9 Å². The van der Waals surface area contributed by atoms with Crippen molar-refractivity contribution in [2.24, 2.45) is 0 Å². The van der Waals surface area contributed by atoms with Crippen LogP contribution in [0.15, 0.2) is 30.5 Å². The van der Waals surface area contributed by atoms with E-state index in [-0.39, 0.29) is 6.54 Å². The van der Waals surface area contributed by atoms with Crippen LogP contribution in [0.25, 0.3) is 0 Å². The molecule has 27 heavy (non-hydrogen) atoms. The molecule has 142 valence electrons. The number of benzene rings is 1. The van der Waals surface area contributed by atoms with Crippen molar-refractivity contribution in [2.75, 3.05) is 12.0 Å². The van der Waals surface area contributed by atoms with Crippen LogP contribution in [0.3, 0.4) is 0 Å². The van der Waals surface area contributed by atoms with Crippen LogP contribution >= 0.6 is 0 Å². The number of anilines is 1. The summed E-state index contributed by atoms with van der Waals surface area (Å²) in [4.78, 5) is 18.8. The summed E-state index contributed by atoms with van der Waals surface area (Å²) < 4.78 is 11.0. The standard InChI is InChI=1S/C21H25N3O3/c1-14-12-23-18(15(2)19(14)26-6)13-24(20(25)27-21(3,4)5)17-9-7-8-16(10-17)11-22/h7-10,12H,13H2,1-6H3. The smallest absolute Gasteiger partial charge is 0.415 e. The highest BCUT2D eigenvalue weighted by Gasteiger charge is 2.25. The lowest BCUT2D eigenvalue weighted by atomic mass is 10.1. The maximum absolute atomic E-state index is 12.9. The lowest BCUT2D eigenvalue weighted by Gasteiger charge is -2.28. The molecular weight excluding hydrogens is 342 g/mol. The fourth-order valence-corrected chi connectivity index (χ4v) is 2.70. The van der Waals surface area contributed by atoms with E-state index < -0.39 is 11.7 Å². The van der Waals surface area contributed by atoms with E-state index in [9.17, 15) is 10.1 Å². The Morgan fingerprint density at radius 1 is 1.30 bits per heavy atom. The first kappa shape index (κ1) is 20.2. The highest BCUT2D eigenvalue weighted by atomic mass is 16.6. The van der Waals surface area contributed by atoms with Crippen molar-refractivity contribution in [2.45, 2.75) is 46.8 Å². The van der Waals surface area contributed by atoms with Crippen molar-refractivity contribution < 1.29 is 14.3 Å². The summed E-state index contributed by atoms with van der Waals surface area (Å²) in [5.74, 6) is 0.745. The lowest BCUT2D eigenvalue weighted by molar-refractivity contribution is 0.0577. The zero-order chi connectivity index (χ0) is 20.2. The molecule has 1 aromatic carbocycles. The number of methoxy groups -OCH3 is 1. The van der Waals surface area contributed by atoms with Gasteiger partial charge in [-0.05, 0) is 52.8 Å². The quantitative estimate of drug-likeness (QED) is 0.794. The van der Waals surface area contributed by atoms with Crippen LogP contribution in [0.2, 0.25) is 0 Å². The van der Waals surface area contributed by atoms with Crippen LogP contribution in [-0.4, -0.2) is 23.8 Å². The predicted octanol–water partition coefficient (Wildman–Crippen LogP) is 4.52. The number of hydrogen-bond donors (Lipinski definition) is 0. The van der Waals surface area contributed by atoms with Crippen LogP contribution in [0.1, 0.15) is 43.2 Å². The minimum absolute atomic E-state index is 0.201. The highest BCUT2D eigenvalue weighted by Crippen LogP contribution is 2.27. The third-order valence-electron chi connectivity index (χ3n) is 3.96. The minimum Gasteiger partial charge on any atom is -0.496 e. The first-order chi connectivity index (χ1) is 12.7. The van der Waals surface area contributed by atoms with E-state index in [1.807, 2.05) is 34.6 Å². The molecular formula is C21H25N3O3. The molecule has 2 aromatic rings. The normalized spacial score (nSPS) is 10.9. The number of carbonyl (C=O) groups is 1. The van der Waals surface area contributed by atoms with Gasteiger partial charge in [0, 0.05) is 23.0 Å². The number of amides is 1. The molecule has 0 radical (unpaired) electrons. The molecule has 0 saturated heterocycles. The fraction of sp³-hybridized carbons (Fsp3) is 0.381. The largest absolute Gasteiger partial charge is 0.496 e. The summed E-state index contributed by atoms with van der Waals surface area (Å²) >= 11 is 0. The molecule has 1 amide bonds. The van der Waals surface area contributed by atoms with Gasteiger partial charge in [-0.3, -0.25) is 9.88 Å². The average molecular weight is 367 g/mol. The topological polar surface area (TPSA) is 75.4 Å². The molecule has 6 heteroatoms. The van der Waals surface area contributed by atoms with Crippen LogP contribution in [0.5, 0.6) is 5.75 Å². The minimum atomic E-state index is -0.643. The molecule has 1 aromatic heterocycles. The monoisotopic (exact) mass is 367 g/mol. The van der Waals surface area contributed by atoms with Gasteiger partial charge in [-0.2, -0.15) is 5.26 Å². The predicted molar refractivity (Wildman–Crippen MR) is 104 cm³/mol. The Balaban J connectivity index is 2.47. The lowest BCUT2D eigenvalue weighted by Crippen LogP contribution is -2.37. The summed E-state index contributed by atoms with van der Waals surface area (Å²) in [5, 5.41) is 9.19. The molecule has 0 aliphatic rings. The number of ether oxygens (including phenoxy) is 2. The van der Waals surface area contributed by atoms with E-state index in [4.69, 9.17) is 9.47 Å².